The van der Waals surface area contributed by atoms with Crippen molar-refractivity contribution < 1.29 is 9.47 Å². The summed E-state index contributed by atoms with van der Waals surface area (Å²) in [5.41, 5.74) is 3.68. The van der Waals surface area contributed by atoms with Crippen LogP contribution in [0.25, 0.3) is 16.8 Å². The predicted molar refractivity (Wildman–Crippen MR) is 83.8 cm³/mol. The molecular formula is C16H17N3O3. The van der Waals surface area contributed by atoms with Gasteiger partial charge in [0.2, 0.25) is 0 Å². The Balaban J connectivity index is 2.35. The van der Waals surface area contributed by atoms with Gasteiger partial charge in [-0.2, -0.15) is 0 Å². The Morgan fingerprint density at radius 2 is 1.91 bits per heavy atom. The summed E-state index contributed by atoms with van der Waals surface area (Å²) in [6.07, 6.45) is 0. The normalized spacial score (nSPS) is 10.9. The molecule has 0 fully saturated rings. The third-order valence-corrected chi connectivity index (χ3v) is 3.60. The summed E-state index contributed by atoms with van der Waals surface area (Å²) in [7, 11) is 3.21. The van der Waals surface area contributed by atoms with Crippen molar-refractivity contribution in [3.63, 3.8) is 0 Å². The van der Waals surface area contributed by atoms with E-state index in [0.717, 1.165) is 16.8 Å². The molecule has 3 rings (SSSR count). The van der Waals surface area contributed by atoms with Crippen LogP contribution in [0, 0.1) is 13.8 Å². The molecule has 0 aliphatic heterocycles. The summed E-state index contributed by atoms with van der Waals surface area (Å²) in [6, 6.07) is 7.07. The zero-order chi connectivity index (χ0) is 15.9. The van der Waals surface area contributed by atoms with Crippen molar-refractivity contribution in [1.29, 1.82) is 0 Å². The van der Waals surface area contributed by atoms with Crippen molar-refractivity contribution in [2.24, 2.45) is 0 Å². The number of hydrogen-bond donors (Lipinski definition) is 1. The van der Waals surface area contributed by atoms with E-state index in [2.05, 4.69) is 10.1 Å². The third-order valence-electron chi connectivity index (χ3n) is 3.60. The minimum absolute atomic E-state index is 0.135. The van der Waals surface area contributed by atoms with Crippen LogP contribution in [0.4, 0.5) is 0 Å². The summed E-state index contributed by atoms with van der Waals surface area (Å²) in [5.74, 6) is 1.37. The molecule has 3 aromatic rings. The second-order valence-electron chi connectivity index (χ2n) is 5.07. The molecule has 0 saturated heterocycles. The van der Waals surface area contributed by atoms with Crippen LogP contribution >= 0.6 is 0 Å². The van der Waals surface area contributed by atoms with Crippen LogP contribution in [-0.4, -0.2) is 28.8 Å². The Hall–Kier alpha value is -2.76. The third kappa shape index (κ3) is 2.13. The fourth-order valence-corrected chi connectivity index (χ4v) is 2.59. The molecule has 0 unspecified atom stereocenters. The van der Waals surface area contributed by atoms with Gasteiger partial charge in [-0.1, -0.05) is 0 Å². The fourth-order valence-electron chi connectivity index (χ4n) is 2.59. The van der Waals surface area contributed by atoms with Crippen LogP contribution in [0.3, 0.4) is 0 Å². The molecule has 0 atom stereocenters. The lowest BCUT2D eigenvalue weighted by Gasteiger charge is -2.10. The van der Waals surface area contributed by atoms with Gasteiger partial charge in [0.25, 0.3) is 5.56 Å². The van der Waals surface area contributed by atoms with Gasteiger partial charge < -0.3 is 9.47 Å². The van der Waals surface area contributed by atoms with Gasteiger partial charge in [0.15, 0.2) is 5.65 Å². The first-order valence-corrected chi connectivity index (χ1v) is 6.86. The summed E-state index contributed by atoms with van der Waals surface area (Å²) < 4.78 is 12.1. The first-order chi connectivity index (χ1) is 10.5. The van der Waals surface area contributed by atoms with Crippen LogP contribution in [0.1, 0.15) is 11.4 Å². The van der Waals surface area contributed by atoms with E-state index in [9.17, 15) is 4.79 Å². The van der Waals surface area contributed by atoms with Gasteiger partial charge in [-0.25, -0.2) is 9.50 Å². The topological polar surface area (TPSA) is 68.6 Å². The molecule has 0 amide bonds. The van der Waals surface area contributed by atoms with Crippen molar-refractivity contribution in [2.45, 2.75) is 13.8 Å². The number of rotatable bonds is 3. The van der Waals surface area contributed by atoms with Gasteiger partial charge in [-0.3, -0.25) is 9.89 Å². The first kappa shape index (κ1) is 14.2. The van der Waals surface area contributed by atoms with Crippen LogP contribution < -0.4 is 15.0 Å². The van der Waals surface area contributed by atoms with E-state index < -0.39 is 0 Å². The number of aromatic nitrogens is 3. The lowest BCUT2D eigenvalue weighted by Crippen LogP contribution is -2.14. The molecule has 6 heteroatoms. The van der Waals surface area contributed by atoms with Crippen LogP contribution in [0.2, 0.25) is 0 Å². The average molecular weight is 299 g/mol. The number of benzene rings is 1. The number of ether oxygens (including phenoxy) is 2. The minimum atomic E-state index is -0.135. The molecule has 0 saturated carbocycles. The Kier molecular flexibility index (Phi) is 3.36. The smallest absolute Gasteiger partial charge is 0.272 e. The van der Waals surface area contributed by atoms with Crippen molar-refractivity contribution in [1.82, 2.24) is 14.6 Å². The summed E-state index contributed by atoms with van der Waals surface area (Å²) >= 11 is 0. The van der Waals surface area contributed by atoms with E-state index in [-0.39, 0.29) is 5.56 Å². The van der Waals surface area contributed by atoms with Crippen LogP contribution in [0.5, 0.6) is 11.5 Å². The molecule has 2 aromatic heterocycles. The van der Waals surface area contributed by atoms with E-state index in [4.69, 9.17) is 9.47 Å². The molecular weight excluding hydrogens is 282 g/mol. The minimum Gasteiger partial charge on any atom is -0.497 e. The van der Waals surface area contributed by atoms with E-state index in [1.54, 1.807) is 21.1 Å². The SMILES string of the molecule is COc1ccc(-c2c(C)[nH]n3c(=O)cc(C)nc23)c(OC)c1. The number of nitrogens with one attached hydrogen (secondary N) is 1. The summed E-state index contributed by atoms with van der Waals surface area (Å²) in [5, 5.41) is 3.06. The van der Waals surface area contributed by atoms with Gasteiger partial charge in [-0.15, -0.1) is 0 Å². The van der Waals surface area contributed by atoms with Gasteiger partial charge in [0, 0.05) is 29.1 Å². The van der Waals surface area contributed by atoms with E-state index in [0.29, 0.717) is 22.8 Å². The molecule has 0 aliphatic carbocycles. The summed E-state index contributed by atoms with van der Waals surface area (Å²) in [6.45, 7) is 3.71. The Bertz CT molecular complexity index is 909. The summed E-state index contributed by atoms with van der Waals surface area (Å²) in [4.78, 5) is 16.6. The number of H-pyrrole nitrogens is 1. The number of fused-ring (bicyclic) bond motifs is 1. The van der Waals surface area contributed by atoms with Crippen molar-refractivity contribution in [3.05, 3.63) is 46.0 Å². The van der Waals surface area contributed by atoms with Crippen molar-refractivity contribution in [3.8, 4) is 22.6 Å². The first-order valence-electron chi connectivity index (χ1n) is 6.86. The zero-order valence-corrected chi connectivity index (χ0v) is 12.9. The Morgan fingerprint density at radius 3 is 2.59 bits per heavy atom. The highest BCUT2D eigenvalue weighted by atomic mass is 16.5. The number of aromatic amines is 1. The zero-order valence-electron chi connectivity index (χ0n) is 12.9. The van der Waals surface area contributed by atoms with Crippen LogP contribution in [0.15, 0.2) is 29.1 Å². The lowest BCUT2D eigenvalue weighted by molar-refractivity contribution is 0.395. The molecule has 22 heavy (non-hydrogen) atoms. The maximum absolute atomic E-state index is 12.1. The van der Waals surface area contributed by atoms with E-state index >= 15 is 0 Å². The quantitative estimate of drug-likeness (QED) is 0.806. The number of methoxy groups -OCH3 is 2. The van der Waals surface area contributed by atoms with Gasteiger partial charge in [0.1, 0.15) is 11.5 Å². The van der Waals surface area contributed by atoms with E-state index in [1.807, 2.05) is 25.1 Å². The average Bonchev–Trinajstić information content (AvgIpc) is 2.83. The van der Waals surface area contributed by atoms with Crippen LogP contribution in [-0.2, 0) is 0 Å². The fraction of sp³-hybridized carbons (Fsp3) is 0.250. The van der Waals surface area contributed by atoms with Crippen molar-refractivity contribution >= 4 is 5.65 Å². The van der Waals surface area contributed by atoms with Crippen molar-refractivity contribution in [2.75, 3.05) is 14.2 Å². The molecule has 0 aliphatic rings. The molecule has 0 radical (unpaired) electrons. The molecule has 0 bridgehead atoms. The van der Waals surface area contributed by atoms with Gasteiger partial charge in [-0.05, 0) is 26.0 Å². The Morgan fingerprint density at radius 1 is 1.14 bits per heavy atom. The Labute approximate surface area is 127 Å². The highest BCUT2D eigenvalue weighted by Crippen LogP contribution is 2.36. The highest BCUT2D eigenvalue weighted by molar-refractivity contribution is 5.84. The second-order valence-corrected chi connectivity index (χ2v) is 5.07. The lowest BCUT2D eigenvalue weighted by atomic mass is 10.0. The van der Waals surface area contributed by atoms with E-state index in [1.165, 1.54) is 10.6 Å². The van der Waals surface area contributed by atoms with Gasteiger partial charge in [0.05, 0.1) is 19.8 Å². The van der Waals surface area contributed by atoms with Gasteiger partial charge >= 0.3 is 0 Å². The molecule has 1 N–H and O–H groups in total. The second kappa shape index (κ2) is 5.22. The predicted octanol–water partition coefficient (Wildman–Crippen LogP) is 2.32. The number of hydrogen-bond acceptors (Lipinski definition) is 4. The molecule has 114 valence electrons. The molecule has 6 nitrogen and oxygen atoms in total. The molecule has 1 aromatic carbocycles. The number of nitrogens with zero attached hydrogens (tertiary/aromatic N) is 2. The standard InChI is InChI=1S/C16H17N3O3/c1-9-7-14(20)19-16(17-9)15(10(2)18-19)12-6-5-11(21-3)8-13(12)22-4/h5-8,18H,1-4H3. The molecule has 2 heterocycles. The maximum Gasteiger partial charge on any atom is 0.272 e. The highest BCUT2D eigenvalue weighted by Gasteiger charge is 2.17. The maximum atomic E-state index is 12.1. The molecule has 0 spiro atoms. The monoisotopic (exact) mass is 299 g/mol. The largest absolute Gasteiger partial charge is 0.497 e. The number of aryl methyl sites for hydroxylation is 2.